The lowest BCUT2D eigenvalue weighted by Crippen LogP contribution is -2.25. The summed E-state index contributed by atoms with van der Waals surface area (Å²) in [6.45, 7) is 5.08. The lowest BCUT2D eigenvalue weighted by Gasteiger charge is -2.09. The first-order chi connectivity index (χ1) is 8.50. The minimum atomic E-state index is -0.372. The highest BCUT2D eigenvalue weighted by Crippen LogP contribution is 2.17. The Labute approximate surface area is 115 Å². The van der Waals surface area contributed by atoms with Crippen LogP contribution in [0.1, 0.15) is 30.6 Å². The van der Waals surface area contributed by atoms with Crippen LogP contribution in [0, 0.1) is 5.82 Å². The summed E-state index contributed by atoms with van der Waals surface area (Å²) < 4.78 is 18.7. The molecule has 0 aliphatic heterocycles. The molecule has 1 aromatic carbocycles. The molecule has 0 radical (unpaired) electrons. The Balaban J connectivity index is 2.36. The van der Waals surface area contributed by atoms with Crippen LogP contribution in [0.15, 0.2) is 22.7 Å². The second kappa shape index (κ2) is 7.48. The molecule has 0 spiro atoms. The number of ether oxygens (including phenoxy) is 1. The van der Waals surface area contributed by atoms with E-state index in [1.807, 2.05) is 13.8 Å². The van der Waals surface area contributed by atoms with Crippen LogP contribution in [0.5, 0.6) is 0 Å². The van der Waals surface area contributed by atoms with Gasteiger partial charge in [-0.1, -0.05) is 0 Å². The second-order valence-electron chi connectivity index (χ2n) is 4.15. The molecule has 0 saturated carbocycles. The predicted molar refractivity (Wildman–Crippen MR) is 72.1 cm³/mol. The van der Waals surface area contributed by atoms with Crippen molar-refractivity contribution in [2.24, 2.45) is 0 Å². The molecule has 0 unspecified atom stereocenters. The molecule has 100 valence electrons. The number of halogens is 2. The summed E-state index contributed by atoms with van der Waals surface area (Å²) >= 11 is 3.16. The number of amides is 1. The molecule has 0 fully saturated rings. The van der Waals surface area contributed by atoms with Gasteiger partial charge in [-0.2, -0.15) is 0 Å². The third kappa shape index (κ3) is 5.14. The molecule has 3 nitrogen and oxygen atoms in total. The highest BCUT2D eigenvalue weighted by Gasteiger charge is 2.09. The minimum absolute atomic E-state index is 0.201. The molecular formula is C13H17BrFNO2. The average Bonchev–Trinajstić information content (AvgIpc) is 2.27. The van der Waals surface area contributed by atoms with Crippen LogP contribution in [0.4, 0.5) is 4.39 Å². The van der Waals surface area contributed by atoms with E-state index < -0.39 is 0 Å². The standard InChI is InChI=1S/C13H17BrFNO2/c1-9(2)18-7-3-6-16-13(17)11-5-4-10(15)8-12(11)14/h4-5,8-9H,3,6-7H2,1-2H3,(H,16,17). The van der Waals surface area contributed by atoms with Gasteiger partial charge < -0.3 is 10.1 Å². The largest absolute Gasteiger partial charge is 0.379 e. The van der Waals surface area contributed by atoms with E-state index in [4.69, 9.17) is 4.74 Å². The molecule has 0 atom stereocenters. The number of hydrogen-bond donors (Lipinski definition) is 1. The molecule has 0 bridgehead atoms. The number of nitrogens with one attached hydrogen (secondary N) is 1. The summed E-state index contributed by atoms with van der Waals surface area (Å²) in [7, 11) is 0. The number of hydrogen-bond acceptors (Lipinski definition) is 2. The van der Waals surface area contributed by atoms with Crippen LogP contribution in [-0.2, 0) is 4.74 Å². The smallest absolute Gasteiger partial charge is 0.252 e. The van der Waals surface area contributed by atoms with Gasteiger partial charge in [0.2, 0.25) is 0 Å². The molecule has 18 heavy (non-hydrogen) atoms. The first-order valence-corrected chi connectivity index (χ1v) is 6.65. The second-order valence-corrected chi connectivity index (χ2v) is 5.01. The van der Waals surface area contributed by atoms with Gasteiger partial charge in [0.25, 0.3) is 5.91 Å². The van der Waals surface area contributed by atoms with E-state index in [0.717, 1.165) is 6.42 Å². The maximum Gasteiger partial charge on any atom is 0.252 e. The molecule has 5 heteroatoms. The van der Waals surface area contributed by atoms with Crippen LogP contribution in [0.3, 0.4) is 0 Å². The summed E-state index contributed by atoms with van der Waals surface area (Å²) in [5, 5.41) is 2.76. The summed E-state index contributed by atoms with van der Waals surface area (Å²) in [6.07, 6.45) is 0.954. The van der Waals surface area contributed by atoms with Crippen molar-refractivity contribution in [3.8, 4) is 0 Å². The van der Waals surface area contributed by atoms with Gasteiger partial charge >= 0.3 is 0 Å². The van der Waals surface area contributed by atoms with Gasteiger partial charge in [-0.15, -0.1) is 0 Å². The Morgan fingerprint density at radius 2 is 2.22 bits per heavy atom. The molecule has 0 saturated heterocycles. The number of carbonyl (C=O) groups excluding carboxylic acids is 1. The van der Waals surface area contributed by atoms with Gasteiger partial charge in [-0.3, -0.25) is 4.79 Å². The van der Waals surface area contributed by atoms with E-state index in [0.29, 0.717) is 23.2 Å². The topological polar surface area (TPSA) is 38.3 Å². The van der Waals surface area contributed by atoms with Crippen molar-refractivity contribution in [1.82, 2.24) is 5.32 Å². The van der Waals surface area contributed by atoms with E-state index in [9.17, 15) is 9.18 Å². The zero-order valence-electron chi connectivity index (χ0n) is 10.5. The van der Waals surface area contributed by atoms with Crippen molar-refractivity contribution < 1.29 is 13.9 Å². The Kier molecular flexibility index (Phi) is 6.29. The van der Waals surface area contributed by atoms with E-state index in [1.165, 1.54) is 18.2 Å². The molecule has 0 heterocycles. The minimum Gasteiger partial charge on any atom is -0.379 e. The Hall–Kier alpha value is -0.940. The summed E-state index contributed by atoms with van der Waals surface area (Å²) in [5.74, 6) is -0.588. The lowest BCUT2D eigenvalue weighted by atomic mass is 10.2. The van der Waals surface area contributed by atoms with Gasteiger partial charge in [0.1, 0.15) is 5.82 Å². The molecule has 1 aromatic rings. The third-order valence-electron chi connectivity index (χ3n) is 2.23. The lowest BCUT2D eigenvalue weighted by molar-refractivity contribution is 0.0757. The van der Waals surface area contributed by atoms with Gasteiger partial charge in [0, 0.05) is 17.6 Å². The fourth-order valence-electron chi connectivity index (χ4n) is 1.36. The number of carbonyl (C=O) groups is 1. The summed E-state index contributed by atoms with van der Waals surface area (Å²) in [5.41, 5.74) is 0.432. The van der Waals surface area contributed by atoms with Crippen LogP contribution >= 0.6 is 15.9 Å². The zero-order valence-corrected chi connectivity index (χ0v) is 12.1. The fraction of sp³-hybridized carbons (Fsp3) is 0.462. The SMILES string of the molecule is CC(C)OCCCNC(=O)c1ccc(F)cc1Br. The highest BCUT2D eigenvalue weighted by molar-refractivity contribution is 9.10. The zero-order chi connectivity index (χ0) is 13.5. The molecule has 0 aliphatic rings. The molecular weight excluding hydrogens is 301 g/mol. The van der Waals surface area contributed by atoms with Crippen molar-refractivity contribution in [3.63, 3.8) is 0 Å². The quantitative estimate of drug-likeness (QED) is 0.819. The first-order valence-electron chi connectivity index (χ1n) is 5.85. The average molecular weight is 318 g/mol. The number of rotatable bonds is 6. The van der Waals surface area contributed by atoms with Gasteiger partial charge in [0.05, 0.1) is 11.7 Å². The van der Waals surface area contributed by atoms with Crippen LogP contribution in [0.25, 0.3) is 0 Å². The molecule has 1 amide bonds. The van der Waals surface area contributed by atoms with Gasteiger partial charge in [-0.25, -0.2) is 4.39 Å². The van der Waals surface area contributed by atoms with Crippen molar-refractivity contribution in [1.29, 1.82) is 0 Å². The van der Waals surface area contributed by atoms with Crippen molar-refractivity contribution in [2.75, 3.05) is 13.2 Å². The molecule has 1 N–H and O–H groups in total. The Morgan fingerprint density at radius 1 is 1.50 bits per heavy atom. The normalized spacial score (nSPS) is 10.7. The molecule has 0 aromatic heterocycles. The van der Waals surface area contributed by atoms with E-state index in [1.54, 1.807) is 0 Å². The van der Waals surface area contributed by atoms with E-state index in [2.05, 4.69) is 21.2 Å². The van der Waals surface area contributed by atoms with Gasteiger partial charge in [0.15, 0.2) is 0 Å². The maximum absolute atomic E-state index is 12.9. The maximum atomic E-state index is 12.9. The van der Waals surface area contributed by atoms with Gasteiger partial charge in [-0.05, 0) is 54.4 Å². The van der Waals surface area contributed by atoms with E-state index in [-0.39, 0.29) is 17.8 Å². The third-order valence-corrected chi connectivity index (χ3v) is 2.89. The highest BCUT2D eigenvalue weighted by atomic mass is 79.9. The summed E-state index contributed by atoms with van der Waals surface area (Å²) in [6, 6.07) is 4.00. The molecule has 1 rings (SSSR count). The van der Waals surface area contributed by atoms with Crippen molar-refractivity contribution in [3.05, 3.63) is 34.1 Å². The summed E-state index contributed by atoms with van der Waals surface area (Å²) in [4.78, 5) is 11.8. The first kappa shape index (κ1) is 15.1. The Morgan fingerprint density at radius 3 is 2.83 bits per heavy atom. The molecule has 0 aliphatic carbocycles. The number of benzene rings is 1. The van der Waals surface area contributed by atoms with Crippen LogP contribution in [0.2, 0.25) is 0 Å². The van der Waals surface area contributed by atoms with E-state index >= 15 is 0 Å². The van der Waals surface area contributed by atoms with Crippen molar-refractivity contribution >= 4 is 21.8 Å². The predicted octanol–water partition coefficient (Wildman–Crippen LogP) is 3.13. The fourth-order valence-corrected chi connectivity index (χ4v) is 1.89. The van der Waals surface area contributed by atoms with Crippen LogP contribution < -0.4 is 5.32 Å². The monoisotopic (exact) mass is 317 g/mol. The Bertz CT molecular complexity index is 410. The van der Waals surface area contributed by atoms with Crippen molar-refractivity contribution in [2.45, 2.75) is 26.4 Å². The van der Waals surface area contributed by atoms with Crippen LogP contribution in [-0.4, -0.2) is 25.2 Å².